The molecule has 4 heteroatoms. The van der Waals surface area contributed by atoms with Crippen LogP contribution in [0.4, 0.5) is 0 Å². The third-order valence-corrected chi connectivity index (χ3v) is 2.10. The van der Waals surface area contributed by atoms with Gasteiger partial charge in [0, 0.05) is 0 Å². The van der Waals surface area contributed by atoms with E-state index in [0.717, 1.165) is 0 Å². The van der Waals surface area contributed by atoms with E-state index in [2.05, 4.69) is 0 Å². The van der Waals surface area contributed by atoms with Crippen LogP contribution in [0.15, 0.2) is 0 Å². The summed E-state index contributed by atoms with van der Waals surface area (Å²) in [5.74, 6) is 1.95. The molecule has 0 spiro atoms. The van der Waals surface area contributed by atoms with E-state index in [4.69, 9.17) is 11.0 Å². The zero-order chi connectivity index (χ0) is 7.49. The Hall–Kier alpha value is -0.530. The molecule has 0 radical (unpaired) electrons. The number of rotatable bonds is 2. The van der Waals surface area contributed by atoms with E-state index in [1.54, 1.807) is 6.92 Å². The molecule has 3 nitrogen and oxygen atoms in total. The Kier molecular flexibility index (Phi) is 2.68. The van der Waals surface area contributed by atoms with Gasteiger partial charge in [0.25, 0.3) is 10.1 Å². The van der Waals surface area contributed by atoms with Crippen molar-refractivity contribution in [3.05, 3.63) is 0 Å². The van der Waals surface area contributed by atoms with Crippen molar-refractivity contribution in [1.29, 1.82) is 0 Å². The summed E-state index contributed by atoms with van der Waals surface area (Å²) in [6.45, 7) is 1.60. The van der Waals surface area contributed by atoms with Gasteiger partial charge in [0.1, 0.15) is 5.25 Å². The molecule has 0 aromatic heterocycles. The van der Waals surface area contributed by atoms with Crippen molar-refractivity contribution in [2.45, 2.75) is 18.6 Å². The summed E-state index contributed by atoms with van der Waals surface area (Å²) in [5, 5.41) is -1.04. The van der Waals surface area contributed by atoms with Crippen molar-refractivity contribution in [2.24, 2.45) is 0 Å². The molecule has 0 aromatic carbocycles. The smallest absolute Gasteiger partial charge is 0.279 e. The average Bonchev–Trinajstić information content (AvgIpc) is 1.65. The van der Waals surface area contributed by atoms with Crippen molar-refractivity contribution in [3.63, 3.8) is 0 Å². The normalized spacial score (nSPS) is 14.3. The Morgan fingerprint density at radius 2 is 2.22 bits per heavy atom. The van der Waals surface area contributed by atoms with E-state index in [-0.39, 0.29) is 6.42 Å². The number of terminal acetylenes is 1. The fourth-order valence-corrected chi connectivity index (χ4v) is 1.01. The van der Waals surface area contributed by atoms with Crippen LogP contribution in [0.5, 0.6) is 0 Å². The maximum absolute atomic E-state index is 10.2. The SMILES string of the molecule is C#CC(CC)S(=O)(=O)O. The van der Waals surface area contributed by atoms with Gasteiger partial charge >= 0.3 is 0 Å². The summed E-state index contributed by atoms with van der Waals surface area (Å²) in [6, 6.07) is 0. The first kappa shape index (κ1) is 8.47. The highest BCUT2D eigenvalue weighted by molar-refractivity contribution is 7.86. The fourth-order valence-electron chi connectivity index (χ4n) is 0.414. The largest absolute Gasteiger partial charge is 0.285 e. The summed E-state index contributed by atoms with van der Waals surface area (Å²) in [7, 11) is -4.00. The van der Waals surface area contributed by atoms with E-state index in [9.17, 15) is 8.42 Å². The summed E-state index contributed by atoms with van der Waals surface area (Å²) in [4.78, 5) is 0. The highest BCUT2D eigenvalue weighted by atomic mass is 32.2. The second-order valence-corrected chi connectivity index (χ2v) is 3.18. The minimum Gasteiger partial charge on any atom is -0.285 e. The quantitative estimate of drug-likeness (QED) is 0.452. The molecule has 1 unspecified atom stereocenters. The van der Waals surface area contributed by atoms with Crippen molar-refractivity contribution in [2.75, 3.05) is 0 Å². The average molecular weight is 148 g/mol. The molecule has 0 rings (SSSR count). The van der Waals surface area contributed by atoms with E-state index in [1.165, 1.54) is 0 Å². The van der Waals surface area contributed by atoms with Crippen LogP contribution in [-0.2, 0) is 10.1 Å². The summed E-state index contributed by atoms with van der Waals surface area (Å²) >= 11 is 0. The monoisotopic (exact) mass is 148 g/mol. The lowest BCUT2D eigenvalue weighted by molar-refractivity contribution is 0.475. The summed E-state index contributed by atoms with van der Waals surface area (Å²) < 4.78 is 28.7. The van der Waals surface area contributed by atoms with Crippen LogP contribution >= 0.6 is 0 Å². The summed E-state index contributed by atoms with van der Waals surface area (Å²) in [5.41, 5.74) is 0. The highest BCUT2D eigenvalue weighted by Gasteiger charge is 2.16. The highest BCUT2D eigenvalue weighted by Crippen LogP contribution is 2.00. The molecule has 9 heavy (non-hydrogen) atoms. The zero-order valence-electron chi connectivity index (χ0n) is 5.03. The van der Waals surface area contributed by atoms with Gasteiger partial charge in [-0.15, -0.1) is 6.42 Å². The maximum Gasteiger partial charge on any atom is 0.279 e. The first-order valence-corrected chi connectivity index (χ1v) is 3.95. The third-order valence-electron chi connectivity index (χ3n) is 0.916. The van der Waals surface area contributed by atoms with Crippen LogP contribution < -0.4 is 0 Å². The van der Waals surface area contributed by atoms with E-state index in [0.29, 0.717) is 0 Å². The van der Waals surface area contributed by atoms with Gasteiger partial charge in [-0.05, 0) is 6.42 Å². The van der Waals surface area contributed by atoms with E-state index < -0.39 is 15.4 Å². The first-order valence-electron chi connectivity index (χ1n) is 2.44. The zero-order valence-corrected chi connectivity index (χ0v) is 5.85. The summed E-state index contributed by atoms with van der Waals surface area (Å²) in [6.07, 6.45) is 5.03. The predicted molar refractivity (Wildman–Crippen MR) is 34.5 cm³/mol. The molecule has 0 aliphatic rings. The molecule has 1 atom stereocenters. The maximum atomic E-state index is 10.2. The van der Waals surface area contributed by atoms with Crippen LogP contribution in [-0.4, -0.2) is 18.2 Å². The lowest BCUT2D eigenvalue weighted by atomic mass is 10.3. The van der Waals surface area contributed by atoms with E-state index >= 15 is 0 Å². The first-order chi connectivity index (χ1) is 4.02. The minimum atomic E-state index is -4.00. The van der Waals surface area contributed by atoms with Crippen LogP contribution in [0.25, 0.3) is 0 Å². The Balaban J connectivity index is 4.38. The van der Waals surface area contributed by atoms with Crippen LogP contribution in [0, 0.1) is 12.3 Å². The van der Waals surface area contributed by atoms with Gasteiger partial charge in [-0.1, -0.05) is 12.8 Å². The van der Waals surface area contributed by atoms with Crippen LogP contribution in [0.3, 0.4) is 0 Å². The molecule has 0 aliphatic heterocycles. The van der Waals surface area contributed by atoms with Gasteiger partial charge in [0.15, 0.2) is 0 Å². The second kappa shape index (κ2) is 2.85. The molecule has 0 aromatic rings. The van der Waals surface area contributed by atoms with Crippen molar-refractivity contribution < 1.29 is 13.0 Å². The molecular weight excluding hydrogens is 140 g/mol. The number of hydrogen-bond acceptors (Lipinski definition) is 2. The Morgan fingerprint density at radius 3 is 2.22 bits per heavy atom. The Bertz CT molecular complexity index is 209. The molecule has 0 saturated carbocycles. The molecule has 0 heterocycles. The molecule has 1 N–H and O–H groups in total. The molecule has 0 amide bonds. The standard InChI is InChI=1S/C5H8O3S/c1-3-5(4-2)9(6,7)8/h1,5H,4H2,2H3,(H,6,7,8). The van der Waals surface area contributed by atoms with Crippen LogP contribution in [0.1, 0.15) is 13.3 Å². The van der Waals surface area contributed by atoms with Crippen molar-refractivity contribution in [1.82, 2.24) is 0 Å². The predicted octanol–water partition coefficient (Wildman–Crippen LogP) is 0.286. The molecule has 0 saturated heterocycles. The Morgan fingerprint density at radius 1 is 1.78 bits per heavy atom. The number of hydrogen-bond donors (Lipinski definition) is 1. The molecule has 52 valence electrons. The molecule has 0 aliphatic carbocycles. The van der Waals surface area contributed by atoms with Gasteiger partial charge in [-0.2, -0.15) is 8.42 Å². The van der Waals surface area contributed by atoms with Gasteiger partial charge < -0.3 is 0 Å². The fraction of sp³-hybridized carbons (Fsp3) is 0.600. The van der Waals surface area contributed by atoms with Crippen molar-refractivity contribution in [3.8, 4) is 12.3 Å². The van der Waals surface area contributed by atoms with Gasteiger partial charge in [0.05, 0.1) is 0 Å². The van der Waals surface area contributed by atoms with Crippen molar-refractivity contribution >= 4 is 10.1 Å². The second-order valence-electron chi connectivity index (χ2n) is 1.58. The molecule has 0 fully saturated rings. The van der Waals surface area contributed by atoms with Crippen LogP contribution in [0.2, 0.25) is 0 Å². The van der Waals surface area contributed by atoms with Gasteiger partial charge in [-0.3, -0.25) is 4.55 Å². The van der Waals surface area contributed by atoms with Gasteiger partial charge in [0.2, 0.25) is 0 Å². The molecule has 0 bridgehead atoms. The van der Waals surface area contributed by atoms with E-state index in [1.807, 2.05) is 5.92 Å². The lowest BCUT2D eigenvalue weighted by Crippen LogP contribution is -2.16. The molecular formula is C5H8O3S. The minimum absolute atomic E-state index is 0.245. The topological polar surface area (TPSA) is 54.4 Å². The Labute approximate surface area is 54.8 Å². The van der Waals surface area contributed by atoms with Gasteiger partial charge in [-0.25, -0.2) is 0 Å². The lowest BCUT2D eigenvalue weighted by Gasteiger charge is -2.00. The third kappa shape index (κ3) is 2.49.